The Morgan fingerprint density at radius 2 is 1.36 bits per heavy atom. The lowest BCUT2D eigenvalue weighted by Gasteiger charge is -2.27. The predicted octanol–water partition coefficient (Wildman–Crippen LogP) is 4.09. The monoisotopic (exact) mass is 382 g/mol. The molecule has 2 N–H and O–H groups in total. The molecule has 2 amide bonds. The molecule has 28 heavy (non-hydrogen) atoms. The van der Waals surface area contributed by atoms with Crippen LogP contribution in [0.2, 0.25) is 0 Å². The smallest absolute Gasteiger partial charge is 0.227 e. The minimum atomic E-state index is -0.0880. The normalized spacial score (nSPS) is 18.8. The van der Waals surface area contributed by atoms with Crippen molar-refractivity contribution in [3.8, 4) is 11.5 Å². The van der Waals surface area contributed by atoms with Crippen LogP contribution in [-0.4, -0.2) is 26.0 Å². The molecule has 0 aliphatic heterocycles. The second-order valence-corrected chi connectivity index (χ2v) is 6.96. The van der Waals surface area contributed by atoms with Crippen molar-refractivity contribution in [1.29, 1.82) is 0 Å². The van der Waals surface area contributed by atoms with E-state index in [-0.39, 0.29) is 23.7 Å². The highest BCUT2D eigenvalue weighted by atomic mass is 16.5. The summed E-state index contributed by atoms with van der Waals surface area (Å²) in [7, 11) is 3.19. The molecule has 2 aromatic carbocycles. The van der Waals surface area contributed by atoms with Crippen LogP contribution in [-0.2, 0) is 9.59 Å². The van der Waals surface area contributed by atoms with E-state index in [1.165, 1.54) is 0 Å². The third kappa shape index (κ3) is 4.82. The molecule has 6 nitrogen and oxygen atoms in total. The SMILES string of the molecule is COc1ccc(NC(=O)C2CCC(C(=O)Nc3ccccc3OC)CC2)cc1. The van der Waals surface area contributed by atoms with Gasteiger partial charge < -0.3 is 20.1 Å². The highest BCUT2D eigenvalue weighted by Crippen LogP contribution is 2.32. The zero-order valence-electron chi connectivity index (χ0n) is 16.2. The van der Waals surface area contributed by atoms with E-state index in [4.69, 9.17) is 9.47 Å². The van der Waals surface area contributed by atoms with Gasteiger partial charge in [-0.25, -0.2) is 0 Å². The zero-order valence-corrected chi connectivity index (χ0v) is 16.2. The molecule has 0 atom stereocenters. The maximum atomic E-state index is 12.6. The van der Waals surface area contributed by atoms with Gasteiger partial charge in [-0.05, 0) is 62.1 Å². The topological polar surface area (TPSA) is 76.7 Å². The molecular weight excluding hydrogens is 356 g/mol. The maximum Gasteiger partial charge on any atom is 0.227 e. The van der Waals surface area contributed by atoms with Gasteiger partial charge in [0.2, 0.25) is 11.8 Å². The molecule has 0 heterocycles. The average molecular weight is 382 g/mol. The van der Waals surface area contributed by atoms with Crippen molar-refractivity contribution in [3.63, 3.8) is 0 Å². The van der Waals surface area contributed by atoms with Gasteiger partial charge in [0.25, 0.3) is 0 Å². The molecule has 0 bridgehead atoms. The summed E-state index contributed by atoms with van der Waals surface area (Å²) in [6.45, 7) is 0. The number of amides is 2. The van der Waals surface area contributed by atoms with Crippen molar-refractivity contribution in [2.45, 2.75) is 25.7 Å². The molecule has 1 aliphatic rings. The van der Waals surface area contributed by atoms with E-state index in [1.807, 2.05) is 48.5 Å². The third-order valence-electron chi connectivity index (χ3n) is 5.19. The van der Waals surface area contributed by atoms with Crippen LogP contribution >= 0.6 is 0 Å². The quantitative estimate of drug-likeness (QED) is 0.789. The third-order valence-corrected chi connectivity index (χ3v) is 5.19. The number of benzene rings is 2. The summed E-state index contributed by atoms with van der Waals surface area (Å²) in [5, 5.41) is 5.90. The minimum Gasteiger partial charge on any atom is -0.497 e. The van der Waals surface area contributed by atoms with Crippen molar-refractivity contribution in [3.05, 3.63) is 48.5 Å². The number of carbonyl (C=O) groups excluding carboxylic acids is 2. The Labute approximate surface area is 165 Å². The number of ether oxygens (including phenoxy) is 2. The second kappa shape index (κ2) is 9.26. The van der Waals surface area contributed by atoms with Gasteiger partial charge in [0.05, 0.1) is 19.9 Å². The average Bonchev–Trinajstić information content (AvgIpc) is 2.74. The number of carbonyl (C=O) groups is 2. The fraction of sp³-hybridized carbons (Fsp3) is 0.364. The number of methoxy groups -OCH3 is 2. The molecule has 1 aliphatic carbocycles. The molecule has 0 spiro atoms. The summed E-state index contributed by atoms with van der Waals surface area (Å²) in [6, 6.07) is 14.6. The summed E-state index contributed by atoms with van der Waals surface area (Å²) in [4.78, 5) is 25.1. The van der Waals surface area contributed by atoms with E-state index in [9.17, 15) is 9.59 Å². The molecule has 1 saturated carbocycles. The van der Waals surface area contributed by atoms with Gasteiger partial charge in [0.15, 0.2) is 0 Å². The van der Waals surface area contributed by atoms with E-state index < -0.39 is 0 Å². The molecule has 2 aromatic rings. The first kappa shape index (κ1) is 19.7. The molecule has 0 saturated heterocycles. The number of hydrogen-bond donors (Lipinski definition) is 2. The first-order valence-electron chi connectivity index (χ1n) is 9.49. The maximum absolute atomic E-state index is 12.6. The van der Waals surface area contributed by atoms with Gasteiger partial charge in [0, 0.05) is 17.5 Å². The Bertz CT molecular complexity index is 812. The van der Waals surface area contributed by atoms with Gasteiger partial charge in [-0.2, -0.15) is 0 Å². The fourth-order valence-electron chi connectivity index (χ4n) is 3.52. The Morgan fingerprint density at radius 1 is 0.786 bits per heavy atom. The van der Waals surface area contributed by atoms with Gasteiger partial charge >= 0.3 is 0 Å². The van der Waals surface area contributed by atoms with Crippen LogP contribution in [0.5, 0.6) is 11.5 Å². The van der Waals surface area contributed by atoms with Gasteiger partial charge in [-0.3, -0.25) is 9.59 Å². The lowest BCUT2D eigenvalue weighted by atomic mass is 9.81. The van der Waals surface area contributed by atoms with Crippen LogP contribution in [0.15, 0.2) is 48.5 Å². The molecule has 1 fully saturated rings. The van der Waals surface area contributed by atoms with Crippen LogP contribution < -0.4 is 20.1 Å². The summed E-state index contributed by atoms with van der Waals surface area (Å²) < 4.78 is 10.4. The Balaban J connectivity index is 1.50. The predicted molar refractivity (Wildman–Crippen MR) is 109 cm³/mol. The first-order chi connectivity index (χ1) is 13.6. The van der Waals surface area contributed by atoms with E-state index >= 15 is 0 Å². The van der Waals surface area contributed by atoms with Crippen LogP contribution in [0.25, 0.3) is 0 Å². The van der Waals surface area contributed by atoms with Crippen molar-refractivity contribution < 1.29 is 19.1 Å². The van der Waals surface area contributed by atoms with Crippen LogP contribution in [0, 0.1) is 11.8 Å². The van der Waals surface area contributed by atoms with Crippen molar-refractivity contribution in [2.75, 3.05) is 24.9 Å². The molecule has 3 rings (SSSR count). The van der Waals surface area contributed by atoms with E-state index in [0.29, 0.717) is 37.1 Å². The molecule has 0 unspecified atom stereocenters. The Hall–Kier alpha value is -3.02. The highest BCUT2D eigenvalue weighted by molar-refractivity contribution is 5.95. The second-order valence-electron chi connectivity index (χ2n) is 6.96. The largest absolute Gasteiger partial charge is 0.497 e. The van der Waals surface area contributed by atoms with Crippen LogP contribution in [0.4, 0.5) is 11.4 Å². The lowest BCUT2D eigenvalue weighted by Crippen LogP contribution is -2.32. The lowest BCUT2D eigenvalue weighted by molar-refractivity contribution is -0.125. The number of para-hydroxylation sites is 2. The number of rotatable bonds is 6. The van der Waals surface area contributed by atoms with Crippen LogP contribution in [0.3, 0.4) is 0 Å². The molecular formula is C22H26N2O4. The number of nitrogens with one attached hydrogen (secondary N) is 2. The number of anilines is 2. The first-order valence-corrected chi connectivity index (χ1v) is 9.49. The standard InChI is InChI=1S/C22H26N2O4/c1-27-18-13-11-17(12-14-18)23-21(25)15-7-9-16(10-8-15)22(26)24-19-5-3-4-6-20(19)28-2/h3-6,11-16H,7-10H2,1-2H3,(H,23,25)(H,24,26). The Morgan fingerprint density at radius 3 is 1.93 bits per heavy atom. The van der Waals surface area contributed by atoms with E-state index in [2.05, 4.69) is 10.6 Å². The molecule has 6 heteroatoms. The number of hydrogen-bond acceptors (Lipinski definition) is 4. The fourth-order valence-corrected chi connectivity index (χ4v) is 3.52. The Kier molecular flexibility index (Phi) is 6.53. The molecule has 148 valence electrons. The van der Waals surface area contributed by atoms with Crippen molar-refractivity contribution in [1.82, 2.24) is 0 Å². The zero-order chi connectivity index (χ0) is 19.9. The van der Waals surface area contributed by atoms with Crippen molar-refractivity contribution >= 4 is 23.2 Å². The summed E-state index contributed by atoms with van der Waals surface area (Å²) >= 11 is 0. The van der Waals surface area contributed by atoms with E-state index in [0.717, 1.165) is 11.4 Å². The van der Waals surface area contributed by atoms with Crippen molar-refractivity contribution in [2.24, 2.45) is 11.8 Å². The molecule has 0 radical (unpaired) electrons. The summed E-state index contributed by atoms with van der Waals surface area (Å²) in [5.74, 6) is 1.22. The van der Waals surface area contributed by atoms with Gasteiger partial charge in [0.1, 0.15) is 11.5 Å². The minimum absolute atomic E-state index is 0.00811. The van der Waals surface area contributed by atoms with E-state index in [1.54, 1.807) is 14.2 Å². The highest BCUT2D eigenvalue weighted by Gasteiger charge is 2.30. The summed E-state index contributed by atoms with van der Waals surface area (Å²) in [5.41, 5.74) is 1.43. The van der Waals surface area contributed by atoms with Gasteiger partial charge in [-0.15, -0.1) is 0 Å². The van der Waals surface area contributed by atoms with Gasteiger partial charge in [-0.1, -0.05) is 12.1 Å². The van der Waals surface area contributed by atoms with Crippen LogP contribution in [0.1, 0.15) is 25.7 Å². The molecule has 0 aromatic heterocycles. The summed E-state index contributed by atoms with van der Waals surface area (Å²) in [6.07, 6.45) is 2.79.